The molecular weight excluding hydrogens is 310 g/mol. The van der Waals surface area contributed by atoms with Gasteiger partial charge in [0.25, 0.3) is 0 Å². The van der Waals surface area contributed by atoms with E-state index in [0.717, 1.165) is 17.4 Å². The molecule has 0 amide bonds. The van der Waals surface area contributed by atoms with Crippen LogP contribution in [-0.4, -0.2) is 0 Å². The normalized spacial score (nSPS) is 12.4. The molecule has 1 atom stereocenters. The Kier molecular flexibility index (Phi) is 5.38. The van der Waals surface area contributed by atoms with E-state index < -0.39 is 0 Å². The zero-order valence-corrected chi connectivity index (χ0v) is 14.0. The zero-order valence-electron chi connectivity index (χ0n) is 12.4. The third kappa shape index (κ3) is 3.71. The van der Waals surface area contributed by atoms with Crippen LogP contribution in [0.2, 0.25) is 0 Å². The fraction of sp³-hybridized carbons (Fsp3) is 0.333. The van der Waals surface area contributed by atoms with Crippen molar-refractivity contribution in [3.63, 3.8) is 0 Å². The average Bonchev–Trinajstić information content (AvgIpc) is 2.44. The second-order valence-electron chi connectivity index (χ2n) is 5.26. The lowest BCUT2D eigenvalue weighted by Crippen LogP contribution is -2.21. The number of halogens is 1. The molecular formula is C18H22BrN. The maximum Gasteiger partial charge on any atom is 0.0320 e. The lowest BCUT2D eigenvalue weighted by Gasteiger charge is -2.19. The second-order valence-corrected chi connectivity index (χ2v) is 6.18. The van der Waals surface area contributed by atoms with Gasteiger partial charge in [-0.15, -0.1) is 0 Å². The lowest BCUT2D eigenvalue weighted by molar-refractivity contribution is 0.517. The number of aryl methyl sites for hydroxylation is 2. The van der Waals surface area contributed by atoms with E-state index in [4.69, 9.17) is 0 Å². The summed E-state index contributed by atoms with van der Waals surface area (Å²) < 4.78 is 1.13. The molecule has 2 rings (SSSR count). The summed E-state index contributed by atoms with van der Waals surface area (Å²) in [6.45, 7) is 7.52. The van der Waals surface area contributed by atoms with Crippen LogP contribution in [0.15, 0.2) is 46.9 Å². The monoisotopic (exact) mass is 331 g/mol. The van der Waals surface area contributed by atoms with E-state index >= 15 is 0 Å². The van der Waals surface area contributed by atoms with Crippen LogP contribution in [0.3, 0.4) is 0 Å². The standard InChI is InChI=1S/C18H22BrN/c1-4-18(15-8-10-16(19)11-9-15)20-12-17-13(2)6-5-7-14(17)3/h5-11,18,20H,4,12H2,1-3H3. The number of rotatable bonds is 5. The Morgan fingerprint density at radius 1 is 1.00 bits per heavy atom. The smallest absolute Gasteiger partial charge is 0.0320 e. The van der Waals surface area contributed by atoms with Gasteiger partial charge in [-0.05, 0) is 54.7 Å². The number of benzene rings is 2. The van der Waals surface area contributed by atoms with Crippen LogP contribution < -0.4 is 5.32 Å². The van der Waals surface area contributed by atoms with Gasteiger partial charge >= 0.3 is 0 Å². The Morgan fingerprint density at radius 3 is 2.15 bits per heavy atom. The third-order valence-corrected chi connectivity index (χ3v) is 4.38. The first-order valence-electron chi connectivity index (χ1n) is 7.15. The Bertz CT molecular complexity index is 540. The molecule has 0 aliphatic rings. The number of hydrogen-bond donors (Lipinski definition) is 1. The van der Waals surface area contributed by atoms with Gasteiger partial charge < -0.3 is 5.32 Å². The van der Waals surface area contributed by atoms with E-state index in [0.29, 0.717) is 6.04 Å². The molecule has 0 fully saturated rings. The van der Waals surface area contributed by atoms with Crippen molar-refractivity contribution in [2.75, 3.05) is 0 Å². The molecule has 2 heteroatoms. The maximum absolute atomic E-state index is 3.69. The first-order valence-corrected chi connectivity index (χ1v) is 7.95. The molecule has 2 aromatic rings. The Morgan fingerprint density at radius 2 is 1.60 bits per heavy atom. The van der Waals surface area contributed by atoms with Gasteiger partial charge in [-0.1, -0.05) is 53.2 Å². The molecule has 20 heavy (non-hydrogen) atoms. The van der Waals surface area contributed by atoms with Crippen molar-refractivity contribution in [1.82, 2.24) is 5.32 Å². The molecule has 0 radical (unpaired) electrons. The highest BCUT2D eigenvalue weighted by molar-refractivity contribution is 9.10. The molecule has 1 unspecified atom stereocenters. The van der Waals surface area contributed by atoms with Gasteiger partial charge in [-0.25, -0.2) is 0 Å². The van der Waals surface area contributed by atoms with Gasteiger partial charge in [0, 0.05) is 17.1 Å². The molecule has 0 aliphatic carbocycles. The van der Waals surface area contributed by atoms with Crippen molar-refractivity contribution in [2.24, 2.45) is 0 Å². The molecule has 0 heterocycles. The molecule has 0 saturated carbocycles. The summed E-state index contributed by atoms with van der Waals surface area (Å²) in [5, 5.41) is 3.69. The molecule has 1 nitrogen and oxygen atoms in total. The zero-order chi connectivity index (χ0) is 14.5. The summed E-state index contributed by atoms with van der Waals surface area (Å²) in [6, 6.07) is 15.5. The van der Waals surface area contributed by atoms with E-state index in [1.54, 1.807) is 0 Å². The fourth-order valence-electron chi connectivity index (χ4n) is 2.55. The minimum Gasteiger partial charge on any atom is -0.306 e. The molecule has 106 valence electrons. The first kappa shape index (κ1) is 15.3. The van der Waals surface area contributed by atoms with Crippen molar-refractivity contribution >= 4 is 15.9 Å². The van der Waals surface area contributed by atoms with Gasteiger partial charge in [0.1, 0.15) is 0 Å². The Balaban J connectivity index is 2.09. The van der Waals surface area contributed by atoms with E-state index in [1.165, 1.54) is 22.3 Å². The van der Waals surface area contributed by atoms with Crippen LogP contribution in [-0.2, 0) is 6.54 Å². The van der Waals surface area contributed by atoms with E-state index in [2.05, 4.69) is 84.5 Å². The van der Waals surface area contributed by atoms with Crippen LogP contribution in [0.25, 0.3) is 0 Å². The number of nitrogens with one attached hydrogen (secondary N) is 1. The maximum atomic E-state index is 3.69. The van der Waals surface area contributed by atoms with Crippen LogP contribution in [0, 0.1) is 13.8 Å². The van der Waals surface area contributed by atoms with Crippen molar-refractivity contribution in [3.8, 4) is 0 Å². The van der Waals surface area contributed by atoms with Gasteiger partial charge in [0.15, 0.2) is 0 Å². The number of hydrogen-bond acceptors (Lipinski definition) is 1. The van der Waals surface area contributed by atoms with Crippen molar-refractivity contribution < 1.29 is 0 Å². The molecule has 0 aromatic heterocycles. The summed E-state index contributed by atoms with van der Waals surface area (Å²) in [4.78, 5) is 0. The van der Waals surface area contributed by atoms with E-state index in [1.807, 2.05) is 0 Å². The summed E-state index contributed by atoms with van der Waals surface area (Å²) in [7, 11) is 0. The van der Waals surface area contributed by atoms with Gasteiger partial charge in [-0.3, -0.25) is 0 Å². The lowest BCUT2D eigenvalue weighted by atomic mass is 10.0. The van der Waals surface area contributed by atoms with Crippen LogP contribution in [0.5, 0.6) is 0 Å². The van der Waals surface area contributed by atoms with Crippen LogP contribution in [0.4, 0.5) is 0 Å². The van der Waals surface area contributed by atoms with Crippen LogP contribution >= 0.6 is 15.9 Å². The van der Waals surface area contributed by atoms with Crippen molar-refractivity contribution in [1.29, 1.82) is 0 Å². The largest absolute Gasteiger partial charge is 0.306 e. The molecule has 1 N–H and O–H groups in total. The first-order chi connectivity index (χ1) is 9.61. The predicted molar refractivity (Wildman–Crippen MR) is 89.9 cm³/mol. The topological polar surface area (TPSA) is 12.0 Å². The van der Waals surface area contributed by atoms with Crippen LogP contribution in [0.1, 0.15) is 41.6 Å². The fourth-order valence-corrected chi connectivity index (χ4v) is 2.81. The van der Waals surface area contributed by atoms with Gasteiger partial charge in [0.05, 0.1) is 0 Å². The summed E-state index contributed by atoms with van der Waals surface area (Å²) in [5.74, 6) is 0. The average molecular weight is 332 g/mol. The highest BCUT2D eigenvalue weighted by atomic mass is 79.9. The highest BCUT2D eigenvalue weighted by Gasteiger charge is 2.10. The van der Waals surface area contributed by atoms with E-state index in [-0.39, 0.29) is 0 Å². The summed E-state index contributed by atoms with van der Waals surface area (Å²) >= 11 is 3.49. The van der Waals surface area contributed by atoms with Gasteiger partial charge in [0.2, 0.25) is 0 Å². The minimum absolute atomic E-state index is 0.405. The minimum atomic E-state index is 0.405. The molecule has 0 spiro atoms. The van der Waals surface area contributed by atoms with Crippen molar-refractivity contribution in [3.05, 3.63) is 69.2 Å². The summed E-state index contributed by atoms with van der Waals surface area (Å²) in [6.07, 6.45) is 1.09. The van der Waals surface area contributed by atoms with Crippen molar-refractivity contribution in [2.45, 2.75) is 39.8 Å². The molecule has 0 aliphatic heterocycles. The SMILES string of the molecule is CCC(NCc1c(C)cccc1C)c1ccc(Br)cc1. The summed E-state index contributed by atoms with van der Waals surface area (Å²) in [5.41, 5.74) is 5.50. The molecule has 0 saturated heterocycles. The predicted octanol–water partition coefficient (Wildman–Crippen LogP) is 5.31. The Hall–Kier alpha value is -1.12. The highest BCUT2D eigenvalue weighted by Crippen LogP contribution is 2.21. The second kappa shape index (κ2) is 7.05. The quantitative estimate of drug-likeness (QED) is 0.783. The Labute approximate surface area is 130 Å². The molecule has 2 aromatic carbocycles. The third-order valence-electron chi connectivity index (χ3n) is 3.85. The van der Waals surface area contributed by atoms with Gasteiger partial charge in [-0.2, -0.15) is 0 Å². The van der Waals surface area contributed by atoms with E-state index in [9.17, 15) is 0 Å². The molecule has 0 bridgehead atoms.